The minimum atomic E-state index is 0.0834. The second-order valence-corrected chi connectivity index (χ2v) is 4.04. The number of methoxy groups -OCH3 is 1. The molecule has 0 amide bonds. The summed E-state index contributed by atoms with van der Waals surface area (Å²) >= 11 is 0. The van der Waals surface area contributed by atoms with Crippen molar-refractivity contribution < 1.29 is 14.6 Å². The number of phenolic OH excluding ortho intramolecular Hbond substituents is 1. The highest BCUT2D eigenvalue weighted by atomic mass is 16.5. The number of Topliss-reactive ketones (excluding diaryl/α,β-unsaturated/α-hetero) is 1. The number of rotatable bonds is 3. The Kier molecular flexibility index (Phi) is 3.04. The lowest BCUT2D eigenvalue weighted by molar-refractivity contribution is -0.114. The number of ether oxygens (including phenoxy) is 1. The summed E-state index contributed by atoms with van der Waals surface area (Å²) in [5.41, 5.74) is 2.47. The van der Waals surface area contributed by atoms with Gasteiger partial charge in [0.1, 0.15) is 0 Å². The molecular formula is C13H15NO3. The van der Waals surface area contributed by atoms with Gasteiger partial charge in [-0.15, -0.1) is 0 Å². The van der Waals surface area contributed by atoms with Gasteiger partial charge in [-0.3, -0.25) is 4.79 Å². The second-order valence-electron chi connectivity index (χ2n) is 4.04. The van der Waals surface area contributed by atoms with Crippen molar-refractivity contribution in [3.63, 3.8) is 0 Å². The van der Waals surface area contributed by atoms with E-state index in [9.17, 15) is 9.90 Å². The highest BCUT2D eigenvalue weighted by molar-refractivity contribution is 5.98. The van der Waals surface area contributed by atoms with E-state index in [0.717, 1.165) is 23.4 Å². The van der Waals surface area contributed by atoms with Gasteiger partial charge in [0.15, 0.2) is 17.3 Å². The number of carbonyl (C=O) groups excluding carboxylic acids is 1. The molecule has 1 aliphatic carbocycles. The Labute approximate surface area is 99.9 Å². The number of hydrogen-bond donors (Lipinski definition) is 2. The molecule has 17 heavy (non-hydrogen) atoms. The van der Waals surface area contributed by atoms with Crippen LogP contribution < -0.4 is 10.1 Å². The molecular weight excluding hydrogens is 218 g/mol. The summed E-state index contributed by atoms with van der Waals surface area (Å²) in [5.74, 6) is 0.703. The number of benzene rings is 1. The zero-order valence-corrected chi connectivity index (χ0v) is 9.91. The molecule has 0 fully saturated rings. The van der Waals surface area contributed by atoms with Crippen molar-refractivity contribution in [2.24, 2.45) is 0 Å². The zero-order valence-electron chi connectivity index (χ0n) is 9.91. The summed E-state index contributed by atoms with van der Waals surface area (Å²) in [6.45, 7) is 1.82. The maximum atomic E-state index is 11.4. The van der Waals surface area contributed by atoms with Crippen LogP contribution in [-0.4, -0.2) is 18.0 Å². The third-order valence-corrected chi connectivity index (χ3v) is 2.95. The normalized spacial score (nSPS) is 15.3. The third-order valence-electron chi connectivity index (χ3n) is 2.95. The van der Waals surface area contributed by atoms with Gasteiger partial charge in [0.05, 0.1) is 7.11 Å². The standard InChI is InChI=1S/C13H15NO3/c1-8-10(4-5-11(8)15)14-9-3-6-13(17-2)12(16)7-9/h3,6-7,14,16H,4-5H2,1-2H3. The van der Waals surface area contributed by atoms with E-state index in [2.05, 4.69) is 5.32 Å². The summed E-state index contributed by atoms with van der Waals surface area (Å²) in [6, 6.07) is 5.08. The fourth-order valence-electron chi connectivity index (χ4n) is 1.88. The van der Waals surface area contributed by atoms with E-state index in [1.807, 2.05) is 13.0 Å². The SMILES string of the molecule is COc1ccc(NC2=C(C)C(=O)CC2)cc1O. The van der Waals surface area contributed by atoms with Gasteiger partial charge in [-0.25, -0.2) is 0 Å². The summed E-state index contributed by atoms with van der Waals surface area (Å²) < 4.78 is 4.96. The minimum absolute atomic E-state index is 0.0834. The highest BCUT2D eigenvalue weighted by Gasteiger charge is 2.19. The molecule has 0 aliphatic heterocycles. The van der Waals surface area contributed by atoms with Crippen molar-refractivity contribution in [2.45, 2.75) is 19.8 Å². The fraction of sp³-hybridized carbons (Fsp3) is 0.308. The molecule has 4 nitrogen and oxygen atoms in total. The van der Waals surface area contributed by atoms with Crippen molar-refractivity contribution in [3.8, 4) is 11.5 Å². The molecule has 0 unspecified atom stereocenters. The van der Waals surface area contributed by atoms with Crippen LogP contribution in [0.25, 0.3) is 0 Å². The monoisotopic (exact) mass is 233 g/mol. The van der Waals surface area contributed by atoms with Crippen LogP contribution in [0.5, 0.6) is 11.5 Å². The topological polar surface area (TPSA) is 58.6 Å². The third kappa shape index (κ3) is 2.25. The maximum Gasteiger partial charge on any atom is 0.160 e. The molecule has 0 radical (unpaired) electrons. The Bertz CT molecular complexity index is 491. The minimum Gasteiger partial charge on any atom is -0.504 e. The smallest absolute Gasteiger partial charge is 0.160 e. The van der Waals surface area contributed by atoms with Gasteiger partial charge in [-0.1, -0.05) is 0 Å². The van der Waals surface area contributed by atoms with E-state index < -0.39 is 0 Å². The summed E-state index contributed by atoms with van der Waals surface area (Å²) in [7, 11) is 1.50. The number of phenols is 1. The van der Waals surface area contributed by atoms with Gasteiger partial charge in [-0.05, 0) is 25.5 Å². The Morgan fingerprint density at radius 2 is 2.12 bits per heavy atom. The molecule has 0 saturated heterocycles. The van der Waals surface area contributed by atoms with Crippen LogP contribution in [-0.2, 0) is 4.79 Å². The van der Waals surface area contributed by atoms with Gasteiger partial charge in [0.25, 0.3) is 0 Å². The number of allylic oxidation sites excluding steroid dienone is 2. The second kappa shape index (κ2) is 4.49. The first-order valence-electron chi connectivity index (χ1n) is 5.49. The lowest BCUT2D eigenvalue weighted by Gasteiger charge is -2.10. The van der Waals surface area contributed by atoms with Crippen LogP contribution >= 0.6 is 0 Å². The predicted molar refractivity (Wildman–Crippen MR) is 65.2 cm³/mol. The average Bonchev–Trinajstić information content (AvgIpc) is 2.61. The van der Waals surface area contributed by atoms with Crippen LogP contribution in [0.15, 0.2) is 29.5 Å². The number of carbonyl (C=O) groups is 1. The van der Waals surface area contributed by atoms with Gasteiger partial charge in [0.2, 0.25) is 0 Å². The van der Waals surface area contributed by atoms with Crippen molar-refractivity contribution in [2.75, 3.05) is 12.4 Å². The van der Waals surface area contributed by atoms with Gasteiger partial charge < -0.3 is 15.2 Å². The molecule has 0 bridgehead atoms. The average molecular weight is 233 g/mol. The van der Waals surface area contributed by atoms with E-state index in [0.29, 0.717) is 12.2 Å². The van der Waals surface area contributed by atoms with Crippen LogP contribution in [0.2, 0.25) is 0 Å². The number of hydrogen-bond acceptors (Lipinski definition) is 4. The first-order valence-corrected chi connectivity index (χ1v) is 5.49. The van der Waals surface area contributed by atoms with E-state index in [1.54, 1.807) is 12.1 Å². The van der Waals surface area contributed by atoms with E-state index >= 15 is 0 Å². The lowest BCUT2D eigenvalue weighted by atomic mass is 10.2. The molecule has 1 aliphatic rings. The predicted octanol–water partition coefficient (Wildman–Crippen LogP) is 2.45. The molecule has 0 heterocycles. The van der Waals surface area contributed by atoms with Crippen molar-refractivity contribution >= 4 is 11.5 Å². The van der Waals surface area contributed by atoms with Crippen LogP contribution in [0.1, 0.15) is 19.8 Å². The Morgan fingerprint density at radius 1 is 1.35 bits per heavy atom. The molecule has 2 rings (SSSR count). The van der Waals surface area contributed by atoms with Gasteiger partial charge in [-0.2, -0.15) is 0 Å². The first-order chi connectivity index (χ1) is 8.11. The fourth-order valence-corrected chi connectivity index (χ4v) is 1.88. The quantitative estimate of drug-likeness (QED) is 0.842. The molecule has 90 valence electrons. The largest absolute Gasteiger partial charge is 0.504 e. The molecule has 4 heteroatoms. The Balaban J connectivity index is 2.20. The summed E-state index contributed by atoms with van der Waals surface area (Å²) in [6.07, 6.45) is 1.30. The Hall–Kier alpha value is -1.97. The van der Waals surface area contributed by atoms with Gasteiger partial charge >= 0.3 is 0 Å². The molecule has 0 saturated carbocycles. The summed E-state index contributed by atoms with van der Waals surface area (Å²) in [5, 5.41) is 12.8. The van der Waals surface area contributed by atoms with E-state index in [4.69, 9.17) is 4.74 Å². The van der Waals surface area contributed by atoms with Crippen molar-refractivity contribution in [3.05, 3.63) is 29.5 Å². The van der Waals surface area contributed by atoms with Crippen molar-refractivity contribution in [1.82, 2.24) is 0 Å². The van der Waals surface area contributed by atoms with Crippen LogP contribution in [0.4, 0.5) is 5.69 Å². The first kappa shape index (κ1) is 11.5. The van der Waals surface area contributed by atoms with E-state index in [-0.39, 0.29) is 11.5 Å². The molecule has 2 N–H and O–H groups in total. The molecule has 0 aromatic heterocycles. The number of aromatic hydroxyl groups is 1. The highest BCUT2D eigenvalue weighted by Crippen LogP contribution is 2.31. The zero-order chi connectivity index (χ0) is 12.4. The molecule has 0 atom stereocenters. The molecule has 1 aromatic rings. The van der Waals surface area contributed by atoms with Crippen LogP contribution in [0, 0.1) is 0 Å². The van der Waals surface area contributed by atoms with Crippen molar-refractivity contribution in [1.29, 1.82) is 0 Å². The Morgan fingerprint density at radius 3 is 2.65 bits per heavy atom. The summed E-state index contributed by atoms with van der Waals surface area (Å²) in [4.78, 5) is 11.4. The number of nitrogens with one attached hydrogen (secondary N) is 1. The van der Waals surface area contributed by atoms with Gasteiger partial charge in [0, 0.05) is 29.4 Å². The van der Waals surface area contributed by atoms with E-state index in [1.165, 1.54) is 7.11 Å². The molecule has 0 spiro atoms. The van der Waals surface area contributed by atoms with Crippen LogP contribution in [0.3, 0.4) is 0 Å². The number of anilines is 1. The lowest BCUT2D eigenvalue weighted by Crippen LogP contribution is -1.99. The maximum absolute atomic E-state index is 11.4. The molecule has 1 aromatic carbocycles. The number of ketones is 1.